The van der Waals surface area contributed by atoms with E-state index >= 15 is 0 Å². The Morgan fingerprint density at radius 2 is 1.09 bits per heavy atom. The Hall–Kier alpha value is -8.65. The van der Waals surface area contributed by atoms with Crippen molar-refractivity contribution in [3.8, 4) is 68.9 Å². The Labute approximate surface area is 514 Å². The molecule has 0 aliphatic carbocycles. The first-order valence-electron chi connectivity index (χ1n) is 28.6. The van der Waals surface area contributed by atoms with Crippen molar-refractivity contribution in [1.82, 2.24) is 29.7 Å². The topological polar surface area (TPSA) is 280 Å². The zero-order valence-corrected chi connectivity index (χ0v) is 51.0. The number of pyridine rings is 4. The molecule has 0 saturated carbocycles. The second-order valence-electron chi connectivity index (χ2n) is 21.9. The van der Waals surface area contributed by atoms with E-state index in [2.05, 4.69) is 32.1 Å². The smallest absolute Gasteiger partial charge is 0.494 e. The molecule has 3 aliphatic rings. The Morgan fingerprint density at radius 1 is 0.625 bits per heavy atom. The molecular formula is C64H68BClN8O14. The number of carbonyl (C=O) groups excluding carboxylic acids is 2. The minimum atomic E-state index is -0.473. The van der Waals surface area contributed by atoms with Crippen molar-refractivity contribution in [3.63, 3.8) is 0 Å². The van der Waals surface area contributed by atoms with Gasteiger partial charge < -0.3 is 66.6 Å². The monoisotopic (exact) mass is 1220 g/mol. The SMILES string of the molecule is CC1(C)OB(c2ccc(OC3CCOCC3)c(C#N)c2)OC1(C)C.COc1cc(C(=O)N(C)CCO)ncc1-c1cc2nccc(-c3ccc(OC4CCOCC4)c(C#N)c3)c2o1.COc1cc(C(=O)N(C)CCO)ncc1-c1cc2nccc(Cl)c2o1. The number of ether oxygens (including phenoxy) is 6. The van der Waals surface area contributed by atoms with Gasteiger partial charge in [-0.25, -0.2) is 0 Å². The van der Waals surface area contributed by atoms with E-state index in [1.54, 1.807) is 62.9 Å². The summed E-state index contributed by atoms with van der Waals surface area (Å²) in [6.07, 6.45) is 9.72. The van der Waals surface area contributed by atoms with Crippen molar-refractivity contribution in [2.75, 3.05) is 81.0 Å². The maximum Gasteiger partial charge on any atom is 0.494 e. The number of fused-ring (bicyclic) bond motifs is 2. The molecule has 0 atom stereocenters. The van der Waals surface area contributed by atoms with Gasteiger partial charge in [-0.1, -0.05) is 23.7 Å². The average Bonchev–Trinajstić information content (AvgIpc) is 3.04. The molecule has 3 saturated heterocycles. The molecule has 0 unspecified atom stereocenters. The fourth-order valence-electron chi connectivity index (χ4n) is 9.75. The Morgan fingerprint density at radius 3 is 1.57 bits per heavy atom. The summed E-state index contributed by atoms with van der Waals surface area (Å²) in [6.45, 7) is 10.9. The molecule has 2 N–H and O–H groups in total. The first-order chi connectivity index (χ1) is 42.4. The van der Waals surface area contributed by atoms with Gasteiger partial charge in [0.1, 0.15) is 81.3 Å². The molecule has 9 heterocycles. The lowest BCUT2D eigenvalue weighted by molar-refractivity contribution is 0.00578. The Balaban J connectivity index is 0.000000164. The van der Waals surface area contributed by atoms with Crippen molar-refractivity contribution in [2.24, 2.45) is 0 Å². The molecule has 8 aromatic rings. The van der Waals surface area contributed by atoms with Gasteiger partial charge in [-0.05, 0) is 75.1 Å². The summed E-state index contributed by atoms with van der Waals surface area (Å²) >= 11 is 6.11. The molecule has 3 fully saturated rings. The number of hydrogen-bond donors (Lipinski definition) is 2. The van der Waals surface area contributed by atoms with Crippen molar-refractivity contribution >= 4 is 58.2 Å². The number of rotatable bonds is 16. The molecule has 6 aromatic heterocycles. The van der Waals surface area contributed by atoms with Crippen LogP contribution in [0.1, 0.15) is 85.5 Å². The summed E-state index contributed by atoms with van der Waals surface area (Å²) in [5.41, 5.74) is 6.33. The van der Waals surface area contributed by atoms with Crippen LogP contribution >= 0.6 is 11.6 Å². The first kappa shape index (κ1) is 63.8. The molecule has 2 amide bonds. The molecule has 0 bridgehead atoms. The second-order valence-corrected chi connectivity index (χ2v) is 22.3. The number of aromatic nitrogens is 4. The molecule has 22 nitrogen and oxygen atoms in total. The standard InChI is InChI=1S/C29H28N4O6.C18H24BNO4.C17H16ClN3O4/c1-33(9-10-34)29(35)24-15-26(36-2)22(17-32-24)27-14-23-28(39-27)21(5-8-31-23)18-3-4-25(19(13-18)16-30)38-20-6-11-37-12-7-20;1-17(2)18(3,4)24-19(23-17)14-5-6-16(13(11-14)12-20)22-15-7-9-21-10-8-15;1-21(5-6-22)17(23)13-8-14(24-2)10(9-20-13)15-7-12-16(25-15)11(18)3-4-19-12/h3-5,8,13-15,17,20,34H,6-7,9-12H2,1-2H3;5-6,11,15H,7-10H2,1-4H3;3-4,7-9,22H,5-6H2,1-2H3. The normalized spacial score (nSPS) is 15.4. The molecule has 3 aliphatic heterocycles. The number of nitriles is 2. The fourth-order valence-corrected chi connectivity index (χ4v) is 9.94. The van der Waals surface area contributed by atoms with Gasteiger partial charge in [-0.2, -0.15) is 10.5 Å². The van der Waals surface area contributed by atoms with Gasteiger partial charge in [0, 0.05) is 107 Å². The summed E-state index contributed by atoms with van der Waals surface area (Å²) in [5, 5.41) is 37.8. The third-order valence-electron chi connectivity index (χ3n) is 15.5. The van der Waals surface area contributed by atoms with Gasteiger partial charge in [-0.3, -0.25) is 29.5 Å². The van der Waals surface area contributed by atoms with Crippen LogP contribution in [0.3, 0.4) is 0 Å². The maximum atomic E-state index is 12.6. The number of nitrogens with zero attached hydrogens (tertiary/aromatic N) is 8. The molecule has 24 heteroatoms. The number of amides is 2. The minimum absolute atomic E-state index is 0.0253. The summed E-state index contributed by atoms with van der Waals surface area (Å²) < 4.78 is 57.9. The quantitative estimate of drug-likeness (QED) is 0.0853. The van der Waals surface area contributed by atoms with E-state index in [1.807, 2.05) is 58.0 Å². The van der Waals surface area contributed by atoms with Crippen LogP contribution in [0, 0.1) is 22.7 Å². The van der Waals surface area contributed by atoms with E-state index in [4.69, 9.17) is 68.4 Å². The average molecular weight is 1220 g/mol. The largest absolute Gasteiger partial charge is 0.496 e. The van der Waals surface area contributed by atoms with Crippen LogP contribution in [-0.4, -0.2) is 163 Å². The number of halogens is 1. The van der Waals surface area contributed by atoms with Crippen LogP contribution in [0.25, 0.3) is 56.0 Å². The van der Waals surface area contributed by atoms with Crippen LogP contribution in [0.5, 0.6) is 23.0 Å². The van der Waals surface area contributed by atoms with Crippen molar-refractivity contribution in [3.05, 3.63) is 125 Å². The number of furan rings is 2. The third-order valence-corrected chi connectivity index (χ3v) is 15.8. The lowest BCUT2D eigenvalue weighted by atomic mass is 9.78. The van der Waals surface area contributed by atoms with Crippen LogP contribution in [-0.2, 0) is 18.8 Å². The number of benzene rings is 2. The van der Waals surface area contributed by atoms with E-state index in [0.29, 0.717) is 110 Å². The Kier molecular flexibility index (Phi) is 20.6. The van der Waals surface area contributed by atoms with E-state index in [0.717, 1.165) is 42.3 Å². The highest BCUT2D eigenvalue weighted by molar-refractivity contribution is 6.62. The van der Waals surface area contributed by atoms with Gasteiger partial charge in [0.25, 0.3) is 11.8 Å². The lowest BCUT2D eigenvalue weighted by Crippen LogP contribution is -2.41. The predicted molar refractivity (Wildman–Crippen MR) is 327 cm³/mol. The van der Waals surface area contributed by atoms with Gasteiger partial charge in [-0.15, -0.1) is 0 Å². The number of aliphatic hydroxyl groups is 2. The maximum absolute atomic E-state index is 12.6. The molecule has 0 spiro atoms. The van der Waals surface area contributed by atoms with E-state index in [-0.39, 0.29) is 61.7 Å². The summed E-state index contributed by atoms with van der Waals surface area (Å²) in [6, 6.07) is 25.6. The molecule has 0 radical (unpaired) electrons. The summed E-state index contributed by atoms with van der Waals surface area (Å²) in [4.78, 5) is 44.8. The predicted octanol–water partition coefficient (Wildman–Crippen LogP) is 9.09. The van der Waals surface area contributed by atoms with E-state index in [9.17, 15) is 20.1 Å². The molecule has 11 rings (SSSR count). The molecule has 88 heavy (non-hydrogen) atoms. The van der Waals surface area contributed by atoms with Crippen molar-refractivity contribution in [1.29, 1.82) is 10.5 Å². The van der Waals surface area contributed by atoms with Crippen molar-refractivity contribution < 1.29 is 66.4 Å². The van der Waals surface area contributed by atoms with Crippen LogP contribution in [0.4, 0.5) is 0 Å². The van der Waals surface area contributed by atoms with E-state index < -0.39 is 18.3 Å². The highest BCUT2D eigenvalue weighted by atomic mass is 35.5. The first-order valence-corrected chi connectivity index (χ1v) is 28.9. The number of aliphatic hydroxyl groups excluding tert-OH is 2. The number of carbonyl (C=O) groups is 2. The number of methoxy groups -OCH3 is 2. The van der Waals surface area contributed by atoms with Gasteiger partial charge in [0.05, 0.1) is 92.3 Å². The highest BCUT2D eigenvalue weighted by Gasteiger charge is 2.52. The molecule has 2 aromatic carbocycles. The van der Waals surface area contributed by atoms with Gasteiger partial charge in [0.2, 0.25) is 0 Å². The van der Waals surface area contributed by atoms with E-state index in [1.165, 1.54) is 42.5 Å². The van der Waals surface area contributed by atoms with Crippen LogP contribution in [0.15, 0.2) is 106 Å². The number of likely N-dealkylation sites (N-methyl/N-ethyl adjacent to an activating group) is 2. The molecular weight excluding hydrogens is 1150 g/mol. The van der Waals surface area contributed by atoms with Gasteiger partial charge in [0.15, 0.2) is 11.2 Å². The summed E-state index contributed by atoms with van der Waals surface area (Å²) in [5.74, 6) is 2.32. The zero-order valence-electron chi connectivity index (χ0n) is 50.2. The highest BCUT2D eigenvalue weighted by Crippen LogP contribution is 2.40. The lowest BCUT2D eigenvalue weighted by Gasteiger charge is -2.32. The zero-order chi connectivity index (χ0) is 62.7. The third kappa shape index (κ3) is 14.5. The summed E-state index contributed by atoms with van der Waals surface area (Å²) in [7, 11) is 5.71. The number of hydrogen-bond acceptors (Lipinski definition) is 20. The second kappa shape index (κ2) is 28.5. The Bertz CT molecular complexity index is 3850. The fraction of sp³-hybridized carbons (Fsp3) is 0.375. The van der Waals surface area contributed by atoms with Gasteiger partial charge >= 0.3 is 7.12 Å². The van der Waals surface area contributed by atoms with Crippen LogP contribution < -0.4 is 24.4 Å². The van der Waals surface area contributed by atoms with Crippen molar-refractivity contribution in [2.45, 2.75) is 76.8 Å². The minimum Gasteiger partial charge on any atom is -0.496 e. The van der Waals surface area contributed by atoms with Crippen LogP contribution in [0.2, 0.25) is 5.02 Å². The molecule has 458 valence electrons.